The Labute approximate surface area is 128 Å². The van der Waals surface area contributed by atoms with Crippen LogP contribution in [0.15, 0.2) is 41.5 Å². The first-order chi connectivity index (χ1) is 10.6. The minimum Gasteiger partial charge on any atom is -0.298 e. The van der Waals surface area contributed by atoms with Gasteiger partial charge in [-0.15, -0.1) is 0 Å². The molecule has 4 amide bonds. The van der Waals surface area contributed by atoms with Gasteiger partial charge in [0.25, 0.3) is 11.8 Å². The summed E-state index contributed by atoms with van der Waals surface area (Å²) < 4.78 is 0. The highest BCUT2D eigenvalue weighted by Crippen LogP contribution is 2.22. The summed E-state index contributed by atoms with van der Waals surface area (Å²) in [6.07, 6.45) is 1.33. The van der Waals surface area contributed by atoms with Gasteiger partial charge in [-0.3, -0.25) is 25.1 Å². The van der Waals surface area contributed by atoms with Gasteiger partial charge >= 0.3 is 6.03 Å². The van der Waals surface area contributed by atoms with Crippen molar-refractivity contribution in [1.82, 2.24) is 15.5 Å². The van der Waals surface area contributed by atoms with Gasteiger partial charge in [0.15, 0.2) is 0 Å². The molecule has 2 aliphatic rings. The zero-order valence-electron chi connectivity index (χ0n) is 12.1. The first-order valence-corrected chi connectivity index (χ1v) is 7.28. The Bertz CT molecular complexity index is 620. The molecule has 1 aromatic rings. The molecule has 0 spiro atoms. The van der Waals surface area contributed by atoms with Crippen molar-refractivity contribution in [3.05, 3.63) is 47.0 Å². The highest BCUT2D eigenvalue weighted by molar-refractivity contribution is 6.29. The number of urea groups is 1. The summed E-state index contributed by atoms with van der Waals surface area (Å²) in [4.78, 5) is 37.0. The molecular formula is C16H17N3O3. The number of benzene rings is 1. The lowest BCUT2D eigenvalue weighted by atomic mass is 9.95. The number of piperidine rings is 1. The van der Waals surface area contributed by atoms with Gasteiger partial charge < -0.3 is 0 Å². The third-order valence-electron chi connectivity index (χ3n) is 3.97. The van der Waals surface area contributed by atoms with Crippen LogP contribution in [0.3, 0.4) is 0 Å². The molecule has 2 saturated heterocycles. The Balaban J connectivity index is 1.66. The highest BCUT2D eigenvalue weighted by Gasteiger charge is 2.31. The molecule has 3 rings (SSSR count). The van der Waals surface area contributed by atoms with E-state index in [1.54, 1.807) is 0 Å². The monoisotopic (exact) mass is 299 g/mol. The number of hydrogen-bond acceptors (Lipinski definition) is 4. The highest BCUT2D eigenvalue weighted by atomic mass is 16.2. The minimum absolute atomic E-state index is 0.110. The maximum absolute atomic E-state index is 11.8. The number of carbonyl (C=O) groups excluding carboxylic acids is 3. The molecule has 2 fully saturated rings. The van der Waals surface area contributed by atoms with E-state index in [1.165, 1.54) is 5.56 Å². The Morgan fingerprint density at radius 3 is 2.09 bits per heavy atom. The van der Waals surface area contributed by atoms with Gasteiger partial charge in [0, 0.05) is 19.6 Å². The van der Waals surface area contributed by atoms with Crippen molar-refractivity contribution in [2.45, 2.75) is 19.4 Å². The van der Waals surface area contributed by atoms with Crippen molar-refractivity contribution in [1.29, 1.82) is 0 Å². The molecule has 0 saturated carbocycles. The van der Waals surface area contributed by atoms with E-state index in [-0.39, 0.29) is 5.57 Å². The topological polar surface area (TPSA) is 78.5 Å². The summed E-state index contributed by atoms with van der Waals surface area (Å²) in [7, 11) is 0. The summed E-state index contributed by atoms with van der Waals surface area (Å²) in [6, 6.07) is 9.44. The Morgan fingerprint density at radius 2 is 1.50 bits per heavy atom. The second kappa shape index (κ2) is 6.11. The molecule has 1 aromatic carbocycles. The van der Waals surface area contributed by atoms with Crippen LogP contribution in [0.1, 0.15) is 18.4 Å². The van der Waals surface area contributed by atoms with Crippen molar-refractivity contribution < 1.29 is 14.4 Å². The summed E-state index contributed by atoms with van der Waals surface area (Å²) in [5.74, 6) is -1.17. The molecule has 0 aliphatic carbocycles. The molecule has 0 unspecified atom stereocenters. The van der Waals surface area contributed by atoms with Gasteiger partial charge in [-0.2, -0.15) is 0 Å². The van der Waals surface area contributed by atoms with Gasteiger partial charge in [0.2, 0.25) is 0 Å². The van der Waals surface area contributed by atoms with Crippen LogP contribution in [0.25, 0.3) is 0 Å². The number of rotatable bonds is 2. The second-order valence-corrected chi connectivity index (χ2v) is 5.48. The lowest BCUT2D eigenvalue weighted by Gasteiger charge is -2.30. The molecule has 2 N–H and O–H groups in total. The third-order valence-corrected chi connectivity index (χ3v) is 3.97. The van der Waals surface area contributed by atoms with E-state index in [2.05, 4.69) is 27.7 Å². The fraction of sp³-hybridized carbons (Fsp3) is 0.312. The average Bonchev–Trinajstić information content (AvgIpc) is 2.49. The van der Waals surface area contributed by atoms with Crippen LogP contribution in [0.5, 0.6) is 0 Å². The van der Waals surface area contributed by atoms with E-state index >= 15 is 0 Å². The Kier molecular flexibility index (Phi) is 4.02. The lowest BCUT2D eigenvalue weighted by Crippen LogP contribution is -2.52. The zero-order chi connectivity index (χ0) is 15.5. The molecule has 6 nitrogen and oxygen atoms in total. The predicted molar refractivity (Wildman–Crippen MR) is 79.7 cm³/mol. The van der Waals surface area contributed by atoms with Crippen molar-refractivity contribution >= 4 is 17.8 Å². The first-order valence-electron chi connectivity index (χ1n) is 7.28. The standard InChI is InChI=1S/C16H17N3O3/c20-14-13(15(21)18-16(22)17-14)12-6-8-19(9-7-12)10-11-4-2-1-3-5-11/h1-5H,6-10H2,(H2,17,18,20,21,22). The number of hydrogen-bond donors (Lipinski definition) is 2. The van der Waals surface area contributed by atoms with Gasteiger partial charge in [-0.25, -0.2) is 4.79 Å². The predicted octanol–water partition coefficient (Wildman–Crippen LogP) is 0.945. The van der Waals surface area contributed by atoms with E-state index in [0.29, 0.717) is 12.8 Å². The zero-order valence-corrected chi connectivity index (χ0v) is 12.1. The van der Waals surface area contributed by atoms with Gasteiger partial charge in [-0.05, 0) is 24.0 Å². The van der Waals surface area contributed by atoms with Crippen LogP contribution in [0, 0.1) is 0 Å². The molecule has 0 aromatic heterocycles. The van der Waals surface area contributed by atoms with Gasteiger partial charge in [-0.1, -0.05) is 30.3 Å². The van der Waals surface area contributed by atoms with Crippen LogP contribution in [-0.2, 0) is 16.1 Å². The smallest absolute Gasteiger partial charge is 0.298 e. The van der Waals surface area contributed by atoms with Gasteiger partial charge in [0.1, 0.15) is 5.57 Å². The molecule has 0 atom stereocenters. The molecule has 114 valence electrons. The van der Waals surface area contributed by atoms with Crippen molar-refractivity contribution in [2.75, 3.05) is 13.1 Å². The number of likely N-dealkylation sites (tertiary alicyclic amines) is 1. The van der Waals surface area contributed by atoms with Crippen LogP contribution in [0.4, 0.5) is 4.79 Å². The second-order valence-electron chi connectivity index (χ2n) is 5.48. The van der Waals surface area contributed by atoms with Crippen LogP contribution >= 0.6 is 0 Å². The molecule has 6 heteroatoms. The number of imide groups is 2. The van der Waals surface area contributed by atoms with E-state index < -0.39 is 17.8 Å². The van der Waals surface area contributed by atoms with E-state index in [0.717, 1.165) is 25.2 Å². The van der Waals surface area contributed by atoms with Crippen LogP contribution < -0.4 is 10.6 Å². The van der Waals surface area contributed by atoms with Crippen LogP contribution in [-0.4, -0.2) is 35.8 Å². The quantitative estimate of drug-likeness (QED) is 0.629. The summed E-state index contributed by atoms with van der Waals surface area (Å²) in [5, 5.41) is 4.25. The fourth-order valence-electron chi connectivity index (χ4n) is 2.86. The minimum atomic E-state index is -0.749. The average molecular weight is 299 g/mol. The normalized spacial score (nSPS) is 19.9. The lowest BCUT2D eigenvalue weighted by molar-refractivity contribution is -0.124. The van der Waals surface area contributed by atoms with Crippen molar-refractivity contribution in [3.8, 4) is 0 Å². The number of nitrogens with one attached hydrogen (secondary N) is 2. The summed E-state index contributed by atoms with van der Waals surface area (Å²) in [6.45, 7) is 2.45. The van der Waals surface area contributed by atoms with Crippen LogP contribution in [0.2, 0.25) is 0 Å². The molecule has 0 bridgehead atoms. The summed E-state index contributed by atoms with van der Waals surface area (Å²) in [5.41, 5.74) is 2.18. The van der Waals surface area contributed by atoms with Gasteiger partial charge in [0.05, 0.1) is 0 Å². The van der Waals surface area contributed by atoms with E-state index in [9.17, 15) is 14.4 Å². The van der Waals surface area contributed by atoms with E-state index in [4.69, 9.17) is 0 Å². The first kappa shape index (κ1) is 14.5. The number of carbonyl (C=O) groups is 3. The van der Waals surface area contributed by atoms with E-state index in [1.807, 2.05) is 18.2 Å². The maximum Gasteiger partial charge on any atom is 0.328 e. The number of barbiturate groups is 1. The third kappa shape index (κ3) is 3.07. The molecule has 2 aliphatic heterocycles. The number of nitrogens with zero attached hydrogens (tertiary/aromatic N) is 1. The van der Waals surface area contributed by atoms with Crippen molar-refractivity contribution in [2.24, 2.45) is 0 Å². The molecule has 2 heterocycles. The number of amides is 4. The van der Waals surface area contributed by atoms with Crippen molar-refractivity contribution in [3.63, 3.8) is 0 Å². The molecular weight excluding hydrogens is 282 g/mol. The molecule has 22 heavy (non-hydrogen) atoms. The fourth-order valence-corrected chi connectivity index (χ4v) is 2.86. The SMILES string of the molecule is O=C1NC(=O)C(=C2CCN(Cc3ccccc3)CC2)C(=O)N1. The Hall–Kier alpha value is -2.47. The largest absolute Gasteiger partial charge is 0.328 e. The molecule has 0 radical (unpaired) electrons. The summed E-state index contributed by atoms with van der Waals surface area (Å²) >= 11 is 0. The Morgan fingerprint density at radius 1 is 0.909 bits per heavy atom. The maximum atomic E-state index is 11.8.